The van der Waals surface area contributed by atoms with Crippen molar-refractivity contribution in [2.45, 2.75) is 76.9 Å². The third-order valence-electron chi connectivity index (χ3n) is 5.95. The molecule has 154 valence electrons. The Labute approximate surface area is 166 Å². The molecule has 3 amide bonds. The van der Waals surface area contributed by atoms with Gasteiger partial charge in [0.15, 0.2) is 5.69 Å². The molecule has 0 saturated heterocycles. The molecule has 2 aliphatic rings. The Morgan fingerprint density at radius 1 is 1.25 bits per heavy atom. The summed E-state index contributed by atoms with van der Waals surface area (Å²) in [6.45, 7) is 4.51. The van der Waals surface area contributed by atoms with Gasteiger partial charge in [0.1, 0.15) is 11.2 Å². The Bertz CT molecular complexity index is 751. The van der Waals surface area contributed by atoms with Crippen molar-refractivity contribution in [3.8, 4) is 0 Å². The lowest BCUT2D eigenvalue weighted by molar-refractivity contribution is -0.133. The van der Waals surface area contributed by atoms with Crippen LogP contribution in [0.25, 0.3) is 0 Å². The molecule has 1 aromatic heterocycles. The van der Waals surface area contributed by atoms with Gasteiger partial charge < -0.3 is 15.5 Å². The SMILES string of the molecule is CCCNC(=O)c1cc2n(n1)C[C@](C)(C(=O)NC1CCCCCC1)N(C)C2=O. The number of fused-ring (bicyclic) bond motifs is 1. The van der Waals surface area contributed by atoms with E-state index in [1.165, 1.54) is 28.5 Å². The van der Waals surface area contributed by atoms with Crippen molar-refractivity contribution in [2.24, 2.45) is 0 Å². The molecule has 2 N–H and O–H groups in total. The minimum absolute atomic E-state index is 0.157. The minimum Gasteiger partial charge on any atom is -0.351 e. The van der Waals surface area contributed by atoms with E-state index in [2.05, 4.69) is 15.7 Å². The maximum atomic E-state index is 13.1. The normalized spacial score (nSPS) is 23.1. The molecule has 28 heavy (non-hydrogen) atoms. The first-order valence-electron chi connectivity index (χ1n) is 10.3. The molecule has 3 rings (SSSR count). The Hall–Kier alpha value is -2.38. The number of nitrogens with zero attached hydrogens (tertiary/aromatic N) is 3. The fraction of sp³-hybridized carbons (Fsp3) is 0.700. The molecule has 0 bridgehead atoms. The van der Waals surface area contributed by atoms with E-state index >= 15 is 0 Å². The molecule has 0 aromatic carbocycles. The van der Waals surface area contributed by atoms with Gasteiger partial charge in [0.05, 0.1) is 6.54 Å². The van der Waals surface area contributed by atoms with Crippen LogP contribution in [0.5, 0.6) is 0 Å². The van der Waals surface area contributed by atoms with Crippen LogP contribution in [0.4, 0.5) is 0 Å². The number of carbonyl (C=O) groups is 3. The van der Waals surface area contributed by atoms with Gasteiger partial charge in [-0.25, -0.2) is 0 Å². The summed E-state index contributed by atoms with van der Waals surface area (Å²) in [4.78, 5) is 39.7. The van der Waals surface area contributed by atoms with Gasteiger partial charge in [-0.2, -0.15) is 5.10 Å². The van der Waals surface area contributed by atoms with Crippen LogP contribution >= 0.6 is 0 Å². The van der Waals surface area contributed by atoms with Crippen molar-refractivity contribution >= 4 is 17.7 Å². The standard InChI is InChI=1S/C20H31N5O3/c1-4-11-21-17(26)15-12-16-18(27)24(3)20(2,13-25(16)23-15)19(28)22-14-9-7-5-6-8-10-14/h12,14H,4-11,13H2,1-3H3,(H,21,26)(H,22,28)/t20-/m1/s1. The summed E-state index contributed by atoms with van der Waals surface area (Å²) in [6, 6.07) is 1.66. The lowest BCUT2D eigenvalue weighted by Crippen LogP contribution is -2.63. The van der Waals surface area contributed by atoms with Crippen LogP contribution in [-0.4, -0.2) is 57.6 Å². The fourth-order valence-electron chi connectivity index (χ4n) is 3.93. The van der Waals surface area contributed by atoms with Crippen LogP contribution < -0.4 is 10.6 Å². The first-order valence-corrected chi connectivity index (χ1v) is 10.3. The molecular weight excluding hydrogens is 358 g/mol. The van der Waals surface area contributed by atoms with Gasteiger partial charge in [-0.1, -0.05) is 32.6 Å². The van der Waals surface area contributed by atoms with Crippen LogP contribution in [0.1, 0.15) is 79.8 Å². The first kappa shape index (κ1) is 20.4. The van der Waals surface area contributed by atoms with E-state index in [9.17, 15) is 14.4 Å². The maximum absolute atomic E-state index is 13.1. The second-order valence-corrected chi connectivity index (χ2v) is 8.13. The van der Waals surface area contributed by atoms with Crippen molar-refractivity contribution in [1.82, 2.24) is 25.3 Å². The van der Waals surface area contributed by atoms with E-state index in [0.29, 0.717) is 12.2 Å². The van der Waals surface area contributed by atoms with Crippen molar-refractivity contribution in [3.63, 3.8) is 0 Å². The van der Waals surface area contributed by atoms with Crippen LogP contribution in [-0.2, 0) is 11.3 Å². The summed E-state index contributed by atoms with van der Waals surface area (Å²) in [6.07, 6.45) is 7.44. The summed E-state index contributed by atoms with van der Waals surface area (Å²) in [5, 5.41) is 10.2. The highest BCUT2D eigenvalue weighted by Crippen LogP contribution is 2.27. The molecule has 1 saturated carbocycles. The number of hydrogen-bond acceptors (Lipinski definition) is 4. The third-order valence-corrected chi connectivity index (χ3v) is 5.95. The Morgan fingerprint density at radius 3 is 2.57 bits per heavy atom. The highest BCUT2D eigenvalue weighted by atomic mass is 16.2. The van der Waals surface area contributed by atoms with E-state index in [0.717, 1.165) is 32.1 Å². The van der Waals surface area contributed by atoms with Crippen molar-refractivity contribution in [1.29, 1.82) is 0 Å². The molecule has 1 fully saturated rings. The molecule has 1 aliphatic heterocycles. The molecular formula is C20H31N5O3. The molecule has 0 spiro atoms. The van der Waals surface area contributed by atoms with Gasteiger partial charge in [0.2, 0.25) is 5.91 Å². The van der Waals surface area contributed by atoms with E-state index in [-0.39, 0.29) is 36.0 Å². The Balaban J connectivity index is 1.78. The topological polar surface area (TPSA) is 96.3 Å². The Kier molecular flexibility index (Phi) is 6.05. The number of aromatic nitrogens is 2. The first-order chi connectivity index (χ1) is 13.4. The van der Waals surface area contributed by atoms with Gasteiger partial charge >= 0.3 is 0 Å². The zero-order chi connectivity index (χ0) is 20.3. The van der Waals surface area contributed by atoms with Gasteiger partial charge in [-0.05, 0) is 26.2 Å². The number of hydrogen-bond donors (Lipinski definition) is 2. The summed E-state index contributed by atoms with van der Waals surface area (Å²) < 4.78 is 1.50. The zero-order valence-corrected chi connectivity index (χ0v) is 17.1. The monoisotopic (exact) mass is 389 g/mol. The smallest absolute Gasteiger partial charge is 0.272 e. The third kappa shape index (κ3) is 3.91. The average molecular weight is 390 g/mol. The predicted octanol–water partition coefficient (Wildman–Crippen LogP) is 1.71. The maximum Gasteiger partial charge on any atom is 0.272 e. The Morgan fingerprint density at radius 2 is 1.93 bits per heavy atom. The summed E-state index contributed by atoms with van der Waals surface area (Å²) in [5.41, 5.74) is -0.498. The number of likely N-dealkylation sites (N-methyl/N-ethyl adjacent to an activating group) is 1. The predicted molar refractivity (Wildman–Crippen MR) is 105 cm³/mol. The van der Waals surface area contributed by atoms with Crippen molar-refractivity contribution in [2.75, 3.05) is 13.6 Å². The highest BCUT2D eigenvalue weighted by molar-refractivity contribution is 6.01. The average Bonchev–Trinajstić information content (AvgIpc) is 2.93. The number of nitrogens with one attached hydrogen (secondary N) is 2. The van der Waals surface area contributed by atoms with E-state index in [1.54, 1.807) is 14.0 Å². The number of rotatable bonds is 5. The zero-order valence-electron chi connectivity index (χ0n) is 17.1. The van der Waals surface area contributed by atoms with Crippen LogP contribution in [0.15, 0.2) is 6.07 Å². The van der Waals surface area contributed by atoms with Gasteiger partial charge in [0.25, 0.3) is 11.8 Å². The fourth-order valence-corrected chi connectivity index (χ4v) is 3.93. The van der Waals surface area contributed by atoms with E-state index < -0.39 is 5.54 Å². The van der Waals surface area contributed by atoms with Gasteiger partial charge in [0, 0.05) is 25.7 Å². The summed E-state index contributed by atoms with van der Waals surface area (Å²) in [7, 11) is 1.64. The van der Waals surface area contributed by atoms with Crippen molar-refractivity contribution in [3.05, 3.63) is 17.5 Å². The molecule has 8 nitrogen and oxygen atoms in total. The second kappa shape index (κ2) is 8.32. The lowest BCUT2D eigenvalue weighted by Gasteiger charge is -2.41. The molecule has 1 aromatic rings. The van der Waals surface area contributed by atoms with Gasteiger partial charge in [-0.3, -0.25) is 19.1 Å². The summed E-state index contributed by atoms with van der Waals surface area (Å²) >= 11 is 0. The van der Waals surface area contributed by atoms with Crippen molar-refractivity contribution < 1.29 is 14.4 Å². The molecule has 0 radical (unpaired) electrons. The van der Waals surface area contributed by atoms with Crippen LogP contribution in [0.2, 0.25) is 0 Å². The molecule has 8 heteroatoms. The van der Waals surface area contributed by atoms with Crippen LogP contribution in [0.3, 0.4) is 0 Å². The lowest BCUT2D eigenvalue weighted by atomic mass is 9.95. The number of amides is 3. The van der Waals surface area contributed by atoms with Crippen LogP contribution in [0, 0.1) is 0 Å². The minimum atomic E-state index is -1.04. The van der Waals surface area contributed by atoms with Gasteiger partial charge in [-0.15, -0.1) is 0 Å². The molecule has 2 heterocycles. The molecule has 0 unspecified atom stereocenters. The molecule has 1 aliphatic carbocycles. The highest BCUT2D eigenvalue weighted by Gasteiger charge is 2.46. The molecule has 1 atom stereocenters. The summed E-state index contributed by atoms with van der Waals surface area (Å²) in [5.74, 6) is -0.760. The number of carbonyl (C=O) groups excluding carboxylic acids is 3. The second-order valence-electron chi connectivity index (χ2n) is 8.13. The largest absolute Gasteiger partial charge is 0.351 e. The van der Waals surface area contributed by atoms with E-state index in [1.807, 2.05) is 6.92 Å². The van der Waals surface area contributed by atoms with E-state index in [4.69, 9.17) is 0 Å². The quantitative estimate of drug-likeness (QED) is 0.749.